The van der Waals surface area contributed by atoms with Gasteiger partial charge in [-0.25, -0.2) is 0 Å². The Bertz CT molecular complexity index is 629. The van der Waals surface area contributed by atoms with E-state index in [0.29, 0.717) is 5.92 Å². The first-order valence-corrected chi connectivity index (χ1v) is 8.46. The molecule has 0 spiro atoms. The van der Waals surface area contributed by atoms with Crippen LogP contribution in [0.4, 0.5) is 0 Å². The molecule has 2 heterocycles. The van der Waals surface area contributed by atoms with Crippen LogP contribution in [-0.4, -0.2) is 38.5 Å². The summed E-state index contributed by atoms with van der Waals surface area (Å²) in [6.45, 7) is 11.9. The summed E-state index contributed by atoms with van der Waals surface area (Å²) in [7, 11) is 0. The molecular weight excluding hydrogens is 284 g/mol. The predicted molar refractivity (Wildman–Crippen MR) is 86.2 cm³/mol. The zero-order valence-corrected chi connectivity index (χ0v) is 14.3. The van der Waals surface area contributed by atoms with Crippen molar-refractivity contribution in [2.24, 2.45) is 0 Å². The molecular formula is C15H24N4OS. The second kappa shape index (κ2) is 6.56. The summed E-state index contributed by atoms with van der Waals surface area (Å²) in [5.74, 6) is 1.33. The molecule has 21 heavy (non-hydrogen) atoms. The number of hydrogen-bond donors (Lipinski definition) is 0. The fourth-order valence-corrected chi connectivity index (χ4v) is 3.44. The van der Waals surface area contributed by atoms with Gasteiger partial charge in [-0.1, -0.05) is 38.5 Å². The lowest BCUT2D eigenvalue weighted by Crippen LogP contribution is -2.31. The van der Waals surface area contributed by atoms with Crippen molar-refractivity contribution in [3.63, 3.8) is 0 Å². The van der Waals surface area contributed by atoms with Crippen molar-refractivity contribution in [1.82, 2.24) is 19.5 Å². The lowest BCUT2D eigenvalue weighted by molar-refractivity contribution is 0.0766. The molecule has 2 aromatic heterocycles. The highest BCUT2D eigenvalue weighted by Crippen LogP contribution is 2.26. The molecule has 0 aliphatic heterocycles. The fraction of sp³-hybridized carbons (Fsp3) is 0.667. The topological polar surface area (TPSA) is 50.5 Å². The molecule has 0 saturated carbocycles. The van der Waals surface area contributed by atoms with Gasteiger partial charge in [-0.3, -0.25) is 9.20 Å². The summed E-state index contributed by atoms with van der Waals surface area (Å²) >= 11 is 1.45. The van der Waals surface area contributed by atoms with Gasteiger partial charge in [-0.2, -0.15) is 0 Å². The molecule has 5 nitrogen and oxygen atoms in total. The molecule has 0 aromatic carbocycles. The van der Waals surface area contributed by atoms with Crippen molar-refractivity contribution in [2.75, 3.05) is 13.1 Å². The smallest absolute Gasteiger partial charge is 0.265 e. The van der Waals surface area contributed by atoms with Crippen molar-refractivity contribution in [2.45, 2.75) is 53.4 Å². The van der Waals surface area contributed by atoms with Gasteiger partial charge < -0.3 is 4.90 Å². The van der Waals surface area contributed by atoms with Gasteiger partial charge in [0.2, 0.25) is 4.96 Å². The lowest BCUT2D eigenvalue weighted by Gasteiger charge is -2.20. The summed E-state index contributed by atoms with van der Waals surface area (Å²) in [5, 5.41) is 8.44. The van der Waals surface area contributed by atoms with E-state index in [1.54, 1.807) is 0 Å². The molecule has 1 amide bonds. The Labute approximate surface area is 130 Å². The second-order valence-electron chi connectivity index (χ2n) is 5.59. The van der Waals surface area contributed by atoms with E-state index in [-0.39, 0.29) is 5.91 Å². The molecule has 0 aliphatic carbocycles. The third-order valence-electron chi connectivity index (χ3n) is 3.68. The molecule has 2 aromatic rings. The van der Waals surface area contributed by atoms with Crippen LogP contribution in [-0.2, 0) is 0 Å². The number of aromatic nitrogens is 3. The third kappa shape index (κ3) is 2.95. The highest BCUT2D eigenvalue weighted by atomic mass is 32.1. The summed E-state index contributed by atoms with van der Waals surface area (Å²) in [6.07, 6.45) is 2.14. The zero-order chi connectivity index (χ0) is 15.6. The molecule has 0 saturated heterocycles. The van der Waals surface area contributed by atoms with E-state index in [0.717, 1.165) is 47.3 Å². The summed E-state index contributed by atoms with van der Waals surface area (Å²) in [6, 6.07) is 0. The van der Waals surface area contributed by atoms with Gasteiger partial charge in [0.05, 0.1) is 0 Å². The first-order valence-electron chi connectivity index (χ1n) is 7.64. The molecule has 0 radical (unpaired) electrons. The summed E-state index contributed by atoms with van der Waals surface area (Å²) in [5.41, 5.74) is 0.962. The van der Waals surface area contributed by atoms with E-state index in [4.69, 9.17) is 0 Å². The largest absolute Gasteiger partial charge is 0.338 e. The maximum absolute atomic E-state index is 12.7. The van der Waals surface area contributed by atoms with E-state index in [9.17, 15) is 4.79 Å². The van der Waals surface area contributed by atoms with Crippen molar-refractivity contribution in [3.8, 4) is 0 Å². The first kappa shape index (κ1) is 15.9. The molecule has 0 aliphatic rings. The van der Waals surface area contributed by atoms with E-state index in [1.807, 2.05) is 23.1 Å². The number of rotatable bonds is 6. The average Bonchev–Trinajstić information content (AvgIpc) is 3.00. The van der Waals surface area contributed by atoms with Crippen LogP contribution < -0.4 is 0 Å². The van der Waals surface area contributed by atoms with Gasteiger partial charge in [-0.05, 0) is 20.3 Å². The Balaban J connectivity index is 2.37. The minimum Gasteiger partial charge on any atom is -0.338 e. The molecule has 2 rings (SSSR count). The number of thiazole rings is 1. The zero-order valence-electron chi connectivity index (χ0n) is 13.5. The van der Waals surface area contributed by atoms with Gasteiger partial charge in [0, 0.05) is 24.7 Å². The number of hydrogen-bond acceptors (Lipinski definition) is 4. The minimum atomic E-state index is 0.119. The van der Waals surface area contributed by atoms with Gasteiger partial charge in [0.1, 0.15) is 10.7 Å². The van der Waals surface area contributed by atoms with Crippen LogP contribution in [0.15, 0.2) is 0 Å². The minimum absolute atomic E-state index is 0.119. The van der Waals surface area contributed by atoms with Crippen molar-refractivity contribution in [1.29, 1.82) is 0 Å². The molecule has 0 N–H and O–H groups in total. The number of aryl methyl sites for hydroxylation is 1. The number of nitrogens with zero attached hydrogens (tertiary/aromatic N) is 4. The molecule has 0 fully saturated rings. The summed E-state index contributed by atoms with van der Waals surface area (Å²) < 4.78 is 2.02. The number of unbranched alkanes of at least 4 members (excludes halogenated alkanes) is 1. The molecule has 0 atom stereocenters. The van der Waals surface area contributed by atoms with Crippen LogP contribution in [0.25, 0.3) is 4.96 Å². The maximum atomic E-state index is 12.7. The van der Waals surface area contributed by atoms with Crippen LogP contribution in [0.5, 0.6) is 0 Å². The highest BCUT2D eigenvalue weighted by Gasteiger charge is 2.23. The molecule has 0 unspecified atom stereocenters. The van der Waals surface area contributed by atoms with Crippen molar-refractivity contribution >= 4 is 22.2 Å². The lowest BCUT2D eigenvalue weighted by atomic mass is 10.2. The van der Waals surface area contributed by atoms with Crippen LogP contribution in [0.3, 0.4) is 0 Å². The molecule has 0 bridgehead atoms. The predicted octanol–water partition coefficient (Wildman–Crippen LogP) is 3.48. The Morgan fingerprint density at radius 1 is 1.33 bits per heavy atom. The quantitative estimate of drug-likeness (QED) is 0.821. The van der Waals surface area contributed by atoms with Crippen LogP contribution >= 0.6 is 11.3 Å². The van der Waals surface area contributed by atoms with Gasteiger partial charge >= 0.3 is 0 Å². The third-order valence-corrected chi connectivity index (χ3v) is 4.80. The number of carbonyl (C=O) groups excluding carboxylic acids is 1. The summed E-state index contributed by atoms with van der Waals surface area (Å²) in [4.78, 5) is 16.2. The van der Waals surface area contributed by atoms with Crippen LogP contribution in [0.2, 0.25) is 0 Å². The number of amides is 1. The standard InChI is InChI=1S/C15H24N4OS/c1-6-8-9-18(7-2)14(20)12-11(5)19-13(10(3)4)16-17-15(19)21-12/h10H,6-9H2,1-5H3. The Morgan fingerprint density at radius 3 is 2.62 bits per heavy atom. The average molecular weight is 308 g/mol. The van der Waals surface area contributed by atoms with Crippen LogP contribution in [0.1, 0.15) is 67.6 Å². The van der Waals surface area contributed by atoms with E-state index < -0.39 is 0 Å². The highest BCUT2D eigenvalue weighted by molar-refractivity contribution is 7.19. The van der Waals surface area contributed by atoms with Gasteiger partial charge in [-0.15, -0.1) is 10.2 Å². The van der Waals surface area contributed by atoms with E-state index in [1.165, 1.54) is 11.3 Å². The Morgan fingerprint density at radius 2 is 2.05 bits per heavy atom. The number of fused-ring (bicyclic) bond motifs is 1. The fourth-order valence-electron chi connectivity index (χ4n) is 2.40. The second-order valence-corrected chi connectivity index (χ2v) is 6.56. The first-order chi connectivity index (χ1) is 10.0. The van der Waals surface area contributed by atoms with Crippen molar-refractivity contribution in [3.05, 3.63) is 16.4 Å². The van der Waals surface area contributed by atoms with Gasteiger partial charge in [0.15, 0.2) is 0 Å². The number of carbonyl (C=O) groups is 1. The molecule has 116 valence electrons. The van der Waals surface area contributed by atoms with Crippen molar-refractivity contribution < 1.29 is 4.79 Å². The monoisotopic (exact) mass is 308 g/mol. The Kier molecular flexibility index (Phi) is 4.98. The Hall–Kier alpha value is -1.43. The van der Waals surface area contributed by atoms with Gasteiger partial charge in [0.25, 0.3) is 5.91 Å². The normalized spacial score (nSPS) is 11.5. The maximum Gasteiger partial charge on any atom is 0.265 e. The van der Waals surface area contributed by atoms with E-state index >= 15 is 0 Å². The molecule has 6 heteroatoms. The SMILES string of the molecule is CCCCN(CC)C(=O)c1sc2nnc(C(C)C)n2c1C. The van der Waals surface area contributed by atoms with Crippen LogP contribution in [0, 0.1) is 6.92 Å². The van der Waals surface area contributed by atoms with E-state index in [2.05, 4.69) is 31.0 Å².